The Morgan fingerprint density at radius 1 is 1.36 bits per heavy atom. The Morgan fingerprint density at radius 2 is 2.00 bits per heavy atom. The molecule has 0 saturated heterocycles. The van der Waals surface area contributed by atoms with Crippen LogP contribution in [0.25, 0.3) is 0 Å². The van der Waals surface area contributed by atoms with Crippen LogP contribution in [0.2, 0.25) is 0 Å². The summed E-state index contributed by atoms with van der Waals surface area (Å²) in [7, 11) is 0. The first kappa shape index (κ1) is 10.3. The zero-order valence-corrected chi connectivity index (χ0v) is 7.85. The molecule has 0 aromatic rings. The summed E-state index contributed by atoms with van der Waals surface area (Å²) in [6.45, 7) is 10.1. The first-order valence-corrected chi connectivity index (χ1v) is 4.27. The molecule has 0 heterocycles. The zero-order valence-electron chi connectivity index (χ0n) is 7.85. The lowest BCUT2D eigenvalue weighted by Crippen LogP contribution is -1.87. The molecular formula is C11H18. The summed E-state index contributed by atoms with van der Waals surface area (Å²) in [4.78, 5) is 0. The minimum Gasteiger partial charge on any atom is -0.103 e. The highest BCUT2D eigenvalue weighted by Gasteiger charge is 1.91. The van der Waals surface area contributed by atoms with E-state index in [0.717, 1.165) is 12.8 Å². The molecule has 0 aromatic carbocycles. The Kier molecular flexibility index (Phi) is 5.65. The van der Waals surface area contributed by atoms with Gasteiger partial charge in [-0.1, -0.05) is 26.8 Å². The molecule has 0 nitrogen and oxygen atoms in total. The molecule has 11 heavy (non-hydrogen) atoms. The molecule has 1 atom stereocenters. The summed E-state index contributed by atoms with van der Waals surface area (Å²) < 4.78 is 0. The second-order valence-corrected chi connectivity index (χ2v) is 3.23. The van der Waals surface area contributed by atoms with Crippen LogP contribution in [-0.4, -0.2) is 0 Å². The Balaban J connectivity index is 3.43. The maximum atomic E-state index is 3.73. The molecule has 0 aliphatic carbocycles. The molecule has 1 unspecified atom stereocenters. The smallest absolute Gasteiger partial charge is 0.0146 e. The third kappa shape index (κ3) is 7.19. The largest absolute Gasteiger partial charge is 0.103 e. The van der Waals surface area contributed by atoms with Crippen molar-refractivity contribution in [2.45, 2.75) is 33.6 Å². The van der Waals surface area contributed by atoms with E-state index in [2.05, 4.69) is 39.2 Å². The third-order valence-electron chi connectivity index (χ3n) is 1.52. The van der Waals surface area contributed by atoms with Crippen molar-refractivity contribution in [3.63, 3.8) is 0 Å². The maximum absolute atomic E-state index is 3.73. The fraction of sp³-hybridized carbons (Fsp3) is 0.636. The van der Waals surface area contributed by atoms with Crippen LogP contribution in [-0.2, 0) is 0 Å². The monoisotopic (exact) mass is 150 g/mol. The van der Waals surface area contributed by atoms with Crippen LogP contribution < -0.4 is 0 Å². The topological polar surface area (TPSA) is 0 Å². The highest BCUT2D eigenvalue weighted by Crippen LogP contribution is 2.04. The van der Waals surface area contributed by atoms with E-state index in [4.69, 9.17) is 0 Å². The number of allylic oxidation sites excluding steroid dienone is 1. The molecule has 0 bridgehead atoms. The van der Waals surface area contributed by atoms with E-state index in [0.29, 0.717) is 11.8 Å². The summed E-state index contributed by atoms with van der Waals surface area (Å²) in [6.07, 6.45) is 4.13. The van der Waals surface area contributed by atoms with Crippen LogP contribution in [0.15, 0.2) is 12.7 Å². The molecule has 0 radical (unpaired) electrons. The fourth-order valence-corrected chi connectivity index (χ4v) is 0.694. The van der Waals surface area contributed by atoms with Gasteiger partial charge in [-0.2, -0.15) is 0 Å². The number of hydrogen-bond acceptors (Lipinski definition) is 0. The summed E-state index contributed by atoms with van der Waals surface area (Å²) in [5, 5.41) is 0. The van der Waals surface area contributed by atoms with Crippen molar-refractivity contribution in [2.75, 3.05) is 0 Å². The standard InChI is InChI=1S/C11H18/c1-5-11(4)9-7-6-8-10(2)3/h5,10-11H,1,7,9H2,2-4H3. The van der Waals surface area contributed by atoms with Gasteiger partial charge in [0.2, 0.25) is 0 Å². The van der Waals surface area contributed by atoms with Crippen molar-refractivity contribution < 1.29 is 0 Å². The van der Waals surface area contributed by atoms with Gasteiger partial charge in [0.15, 0.2) is 0 Å². The van der Waals surface area contributed by atoms with Crippen molar-refractivity contribution in [3.8, 4) is 11.8 Å². The Bertz CT molecular complexity index is 155. The average Bonchev–Trinajstić information content (AvgIpc) is 1.97. The Morgan fingerprint density at radius 3 is 2.45 bits per heavy atom. The highest BCUT2D eigenvalue weighted by atomic mass is 14.0. The molecule has 62 valence electrons. The van der Waals surface area contributed by atoms with Crippen molar-refractivity contribution in [1.29, 1.82) is 0 Å². The van der Waals surface area contributed by atoms with Gasteiger partial charge in [0.05, 0.1) is 0 Å². The van der Waals surface area contributed by atoms with E-state index < -0.39 is 0 Å². The van der Waals surface area contributed by atoms with Gasteiger partial charge in [-0.15, -0.1) is 18.4 Å². The van der Waals surface area contributed by atoms with E-state index in [1.165, 1.54) is 0 Å². The molecule has 0 N–H and O–H groups in total. The molecule has 0 aromatic heterocycles. The second kappa shape index (κ2) is 6.04. The lowest BCUT2D eigenvalue weighted by atomic mass is 10.1. The van der Waals surface area contributed by atoms with Crippen LogP contribution in [0.1, 0.15) is 33.6 Å². The van der Waals surface area contributed by atoms with E-state index in [-0.39, 0.29) is 0 Å². The number of rotatable bonds is 3. The summed E-state index contributed by atoms with van der Waals surface area (Å²) in [5.74, 6) is 7.41. The summed E-state index contributed by atoms with van der Waals surface area (Å²) in [6, 6.07) is 0. The SMILES string of the molecule is C=CC(C)CCC#CC(C)C. The molecule has 0 saturated carbocycles. The first-order valence-electron chi connectivity index (χ1n) is 4.27. The third-order valence-corrected chi connectivity index (χ3v) is 1.52. The van der Waals surface area contributed by atoms with Gasteiger partial charge in [0.25, 0.3) is 0 Å². The summed E-state index contributed by atoms with van der Waals surface area (Å²) in [5.41, 5.74) is 0. The Labute approximate surface area is 70.7 Å². The van der Waals surface area contributed by atoms with Gasteiger partial charge in [-0.3, -0.25) is 0 Å². The fourth-order valence-electron chi connectivity index (χ4n) is 0.694. The van der Waals surface area contributed by atoms with Crippen molar-refractivity contribution in [1.82, 2.24) is 0 Å². The number of hydrogen-bond donors (Lipinski definition) is 0. The quantitative estimate of drug-likeness (QED) is 0.428. The molecule has 0 fully saturated rings. The van der Waals surface area contributed by atoms with Gasteiger partial charge in [0.1, 0.15) is 0 Å². The van der Waals surface area contributed by atoms with Crippen LogP contribution in [0.3, 0.4) is 0 Å². The van der Waals surface area contributed by atoms with E-state index in [9.17, 15) is 0 Å². The zero-order chi connectivity index (χ0) is 8.69. The van der Waals surface area contributed by atoms with Gasteiger partial charge in [-0.25, -0.2) is 0 Å². The minimum absolute atomic E-state index is 0.508. The lowest BCUT2D eigenvalue weighted by molar-refractivity contribution is 0.665. The van der Waals surface area contributed by atoms with Crippen LogP contribution in [0.5, 0.6) is 0 Å². The normalized spacial score (nSPS) is 12.0. The molecular weight excluding hydrogens is 132 g/mol. The van der Waals surface area contributed by atoms with Gasteiger partial charge in [0, 0.05) is 12.3 Å². The molecule has 0 heteroatoms. The highest BCUT2D eigenvalue weighted by molar-refractivity contribution is 5.01. The minimum atomic E-state index is 0.508. The molecule has 0 amide bonds. The van der Waals surface area contributed by atoms with E-state index in [1.54, 1.807) is 0 Å². The van der Waals surface area contributed by atoms with Gasteiger partial charge < -0.3 is 0 Å². The lowest BCUT2D eigenvalue weighted by Gasteiger charge is -1.99. The molecule has 0 aliphatic heterocycles. The van der Waals surface area contributed by atoms with Gasteiger partial charge in [-0.05, 0) is 12.3 Å². The van der Waals surface area contributed by atoms with Crippen molar-refractivity contribution in [2.24, 2.45) is 11.8 Å². The Hall–Kier alpha value is -0.700. The van der Waals surface area contributed by atoms with Crippen LogP contribution in [0.4, 0.5) is 0 Å². The molecule has 0 rings (SSSR count). The van der Waals surface area contributed by atoms with Crippen molar-refractivity contribution >= 4 is 0 Å². The first-order chi connectivity index (χ1) is 5.16. The second-order valence-electron chi connectivity index (χ2n) is 3.23. The van der Waals surface area contributed by atoms with E-state index >= 15 is 0 Å². The molecule has 0 spiro atoms. The van der Waals surface area contributed by atoms with Gasteiger partial charge >= 0.3 is 0 Å². The van der Waals surface area contributed by atoms with Crippen molar-refractivity contribution in [3.05, 3.63) is 12.7 Å². The van der Waals surface area contributed by atoms with Crippen LogP contribution >= 0.6 is 0 Å². The summed E-state index contributed by atoms with van der Waals surface area (Å²) >= 11 is 0. The predicted molar refractivity (Wildman–Crippen MR) is 51.2 cm³/mol. The van der Waals surface area contributed by atoms with Crippen LogP contribution in [0, 0.1) is 23.7 Å². The predicted octanol–water partition coefficient (Wildman–Crippen LogP) is 3.25. The maximum Gasteiger partial charge on any atom is 0.0146 e. The van der Waals surface area contributed by atoms with E-state index in [1.807, 2.05) is 6.08 Å². The molecule has 0 aliphatic rings. The average molecular weight is 150 g/mol.